The lowest BCUT2D eigenvalue weighted by Gasteiger charge is -2.15. The van der Waals surface area contributed by atoms with Crippen molar-refractivity contribution in [2.24, 2.45) is 0 Å². The Kier molecular flexibility index (Phi) is 4.71. The lowest BCUT2D eigenvalue weighted by molar-refractivity contribution is 0.102. The molecule has 7 nitrogen and oxygen atoms in total. The molecule has 0 saturated carbocycles. The minimum atomic E-state index is -3.47. The fourth-order valence-corrected chi connectivity index (χ4v) is 4.16. The number of amides is 1. The fourth-order valence-electron chi connectivity index (χ4n) is 2.99. The summed E-state index contributed by atoms with van der Waals surface area (Å²) in [6.07, 6.45) is 3.38. The van der Waals surface area contributed by atoms with Crippen molar-refractivity contribution in [1.82, 2.24) is 10.2 Å². The van der Waals surface area contributed by atoms with Gasteiger partial charge in [-0.3, -0.25) is 4.79 Å². The molecule has 2 aromatic rings. The Morgan fingerprint density at radius 2 is 1.84 bits per heavy atom. The van der Waals surface area contributed by atoms with Crippen LogP contribution in [-0.2, 0) is 9.84 Å². The van der Waals surface area contributed by atoms with Gasteiger partial charge in [0.05, 0.1) is 10.6 Å². The van der Waals surface area contributed by atoms with Gasteiger partial charge < -0.3 is 10.2 Å². The van der Waals surface area contributed by atoms with E-state index in [1.54, 1.807) is 37.3 Å². The van der Waals surface area contributed by atoms with Crippen LogP contribution in [0.2, 0.25) is 0 Å². The topological polar surface area (TPSA) is 92.3 Å². The minimum Gasteiger partial charge on any atom is -0.355 e. The predicted octanol–water partition coefficient (Wildman–Crippen LogP) is 2.04. The highest BCUT2D eigenvalue weighted by molar-refractivity contribution is 7.91. The van der Waals surface area contributed by atoms with Gasteiger partial charge in [-0.1, -0.05) is 12.1 Å². The van der Waals surface area contributed by atoms with Crippen LogP contribution in [-0.4, -0.2) is 43.9 Å². The van der Waals surface area contributed by atoms with E-state index in [1.807, 2.05) is 0 Å². The zero-order valence-corrected chi connectivity index (χ0v) is 15.0. The van der Waals surface area contributed by atoms with Gasteiger partial charge in [0.1, 0.15) is 0 Å². The molecule has 2 heterocycles. The number of hydrogen-bond donors (Lipinski definition) is 1. The Morgan fingerprint density at radius 1 is 1.12 bits per heavy atom. The average molecular weight is 360 g/mol. The maximum Gasteiger partial charge on any atom is 0.276 e. The van der Waals surface area contributed by atoms with Crippen LogP contribution in [0.25, 0.3) is 0 Å². The molecular formula is C17H20N4O3S. The van der Waals surface area contributed by atoms with E-state index in [2.05, 4.69) is 20.4 Å². The van der Waals surface area contributed by atoms with Crippen LogP contribution in [0, 0.1) is 6.92 Å². The molecule has 0 unspecified atom stereocenters. The van der Waals surface area contributed by atoms with Crippen LogP contribution in [0.1, 0.15) is 28.9 Å². The Bertz CT molecular complexity index is 889. The molecule has 1 aliphatic heterocycles. The maximum absolute atomic E-state index is 12.4. The lowest BCUT2D eigenvalue weighted by Crippen LogP contribution is -2.21. The van der Waals surface area contributed by atoms with E-state index >= 15 is 0 Å². The van der Waals surface area contributed by atoms with Gasteiger partial charge in [0.25, 0.3) is 5.91 Å². The molecule has 1 aromatic heterocycles. The third kappa shape index (κ3) is 3.79. The zero-order chi connectivity index (χ0) is 18.0. The summed E-state index contributed by atoms with van der Waals surface area (Å²) in [7, 11) is -3.47. The summed E-state index contributed by atoms with van der Waals surface area (Å²) >= 11 is 0. The van der Waals surface area contributed by atoms with Crippen molar-refractivity contribution < 1.29 is 13.2 Å². The van der Waals surface area contributed by atoms with E-state index in [1.165, 1.54) is 0 Å². The van der Waals surface area contributed by atoms with Gasteiger partial charge in [0.2, 0.25) is 0 Å². The molecule has 3 rings (SSSR count). The van der Waals surface area contributed by atoms with Crippen molar-refractivity contribution in [1.29, 1.82) is 0 Å². The molecule has 1 aromatic carbocycles. The van der Waals surface area contributed by atoms with Crippen molar-refractivity contribution in [3.63, 3.8) is 0 Å². The number of benzene rings is 1. The molecule has 0 spiro atoms. The van der Waals surface area contributed by atoms with Crippen molar-refractivity contribution in [3.8, 4) is 0 Å². The van der Waals surface area contributed by atoms with Crippen LogP contribution in [0.3, 0.4) is 0 Å². The highest BCUT2D eigenvalue weighted by Gasteiger charge is 2.19. The number of aryl methyl sites for hydroxylation is 1. The number of nitrogens with one attached hydrogen (secondary N) is 1. The number of carbonyl (C=O) groups is 1. The van der Waals surface area contributed by atoms with Crippen LogP contribution < -0.4 is 10.2 Å². The second-order valence-corrected chi connectivity index (χ2v) is 8.10. The number of carbonyl (C=O) groups excluding carboxylic acids is 1. The third-order valence-corrected chi connectivity index (χ3v) is 5.43. The van der Waals surface area contributed by atoms with E-state index < -0.39 is 15.7 Å². The predicted molar refractivity (Wildman–Crippen MR) is 95.7 cm³/mol. The summed E-state index contributed by atoms with van der Waals surface area (Å²) in [6, 6.07) is 8.32. The molecule has 0 aliphatic carbocycles. The second kappa shape index (κ2) is 6.79. The second-order valence-electron chi connectivity index (χ2n) is 6.15. The van der Waals surface area contributed by atoms with Gasteiger partial charge in [0.15, 0.2) is 21.3 Å². The SMILES string of the molecule is Cc1cccc(NC(=O)c2ccc(N3CCCC3)nn2)c1S(C)(=O)=O. The number of aromatic nitrogens is 2. The van der Waals surface area contributed by atoms with Crippen molar-refractivity contribution in [2.75, 3.05) is 29.6 Å². The first-order valence-corrected chi connectivity index (χ1v) is 9.95. The lowest BCUT2D eigenvalue weighted by atomic mass is 10.2. The van der Waals surface area contributed by atoms with Crippen LogP contribution in [0.4, 0.5) is 11.5 Å². The van der Waals surface area contributed by atoms with Crippen LogP contribution in [0.5, 0.6) is 0 Å². The van der Waals surface area contributed by atoms with E-state index in [0.29, 0.717) is 5.56 Å². The largest absolute Gasteiger partial charge is 0.355 e. The van der Waals surface area contributed by atoms with E-state index in [9.17, 15) is 13.2 Å². The Labute approximate surface area is 147 Å². The number of anilines is 2. The smallest absolute Gasteiger partial charge is 0.276 e. The number of hydrogen-bond acceptors (Lipinski definition) is 6. The molecule has 0 bridgehead atoms. The molecule has 25 heavy (non-hydrogen) atoms. The van der Waals surface area contributed by atoms with Crippen molar-refractivity contribution in [2.45, 2.75) is 24.7 Å². The maximum atomic E-state index is 12.4. The van der Waals surface area contributed by atoms with Gasteiger partial charge in [0, 0.05) is 19.3 Å². The quantitative estimate of drug-likeness (QED) is 0.897. The zero-order valence-electron chi connectivity index (χ0n) is 14.2. The summed E-state index contributed by atoms with van der Waals surface area (Å²) in [5, 5.41) is 10.7. The Hall–Kier alpha value is -2.48. The molecule has 0 radical (unpaired) electrons. The summed E-state index contributed by atoms with van der Waals surface area (Å²) in [5.41, 5.74) is 0.970. The number of rotatable bonds is 4. The molecular weight excluding hydrogens is 340 g/mol. The molecule has 8 heteroatoms. The highest BCUT2D eigenvalue weighted by atomic mass is 32.2. The fraction of sp³-hybridized carbons (Fsp3) is 0.353. The standard InChI is InChI=1S/C17H20N4O3S/c1-12-6-5-7-13(16(12)25(2,23)24)18-17(22)14-8-9-15(20-19-14)21-10-3-4-11-21/h5-9H,3-4,10-11H2,1-2H3,(H,18,22). The summed E-state index contributed by atoms with van der Waals surface area (Å²) < 4.78 is 24.0. The van der Waals surface area contributed by atoms with Gasteiger partial charge in [-0.25, -0.2) is 8.42 Å². The Balaban J connectivity index is 1.82. The van der Waals surface area contributed by atoms with Gasteiger partial charge >= 0.3 is 0 Å². The summed E-state index contributed by atoms with van der Waals surface area (Å²) in [6.45, 7) is 3.58. The van der Waals surface area contributed by atoms with E-state index in [-0.39, 0.29) is 16.3 Å². The summed E-state index contributed by atoms with van der Waals surface area (Å²) in [5.74, 6) is 0.261. The first kappa shape index (κ1) is 17.3. The molecule has 1 fully saturated rings. The molecule has 1 aliphatic rings. The molecule has 132 valence electrons. The number of sulfone groups is 1. The normalized spacial score (nSPS) is 14.6. The van der Waals surface area contributed by atoms with E-state index in [0.717, 1.165) is 38.0 Å². The van der Waals surface area contributed by atoms with Gasteiger partial charge in [-0.15, -0.1) is 10.2 Å². The van der Waals surface area contributed by atoms with Crippen LogP contribution >= 0.6 is 0 Å². The molecule has 1 N–H and O–H groups in total. The Morgan fingerprint density at radius 3 is 2.44 bits per heavy atom. The molecule has 0 atom stereocenters. The van der Waals surface area contributed by atoms with Crippen molar-refractivity contribution in [3.05, 3.63) is 41.6 Å². The first-order chi connectivity index (χ1) is 11.9. The summed E-state index contributed by atoms with van der Waals surface area (Å²) in [4.78, 5) is 14.7. The first-order valence-electron chi connectivity index (χ1n) is 8.06. The van der Waals surface area contributed by atoms with Crippen LogP contribution in [0.15, 0.2) is 35.2 Å². The number of nitrogens with zero attached hydrogens (tertiary/aromatic N) is 3. The van der Waals surface area contributed by atoms with Gasteiger partial charge in [-0.2, -0.15) is 0 Å². The third-order valence-electron chi connectivity index (χ3n) is 4.14. The van der Waals surface area contributed by atoms with Crippen molar-refractivity contribution >= 4 is 27.2 Å². The monoisotopic (exact) mass is 360 g/mol. The minimum absolute atomic E-state index is 0.116. The van der Waals surface area contributed by atoms with E-state index in [4.69, 9.17) is 0 Å². The average Bonchev–Trinajstić information content (AvgIpc) is 3.08. The highest BCUT2D eigenvalue weighted by Crippen LogP contribution is 2.25. The molecule has 1 saturated heterocycles. The van der Waals surface area contributed by atoms with Gasteiger partial charge in [-0.05, 0) is 43.5 Å². The molecule has 1 amide bonds.